The lowest BCUT2D eigenvalue weighted by atomic mass is 9.89. The van der Waals surface area contributed by atoms with E-state index in [9.17, 15) is 9.59 Å². The highest BCUT2D eigenvalue weighted by molar-refractivity contribution is 6.21. The molecule has 3 rings (SSSR count). The number of carbonyl (C=O) groups excluding carboxylic acids is 2. The maximum atomic E-state index is 12.8. The molecule has 2 aromatic carbocycles. The number of benzene rings is 2. The van der Waals surface area contributed by atoms with Crippen LogP contribution in [0.2, 0.25) is 0 Å². The van der Waals surface area contributed by atoms with E-state index in [0.29, 0.717) is 11.1 Å². The van der Waals surface area contributed by atoms with Crippen LogP contribution in [0, 0.1) is 5.92 Å². The second-order valence-corrected chi connectivity index (χ2v) is 6.15. The smallest absolute Gasteiger partial charge is 0.262 e. The Kier molecular flexibility index (Phi) is 4.28. The predicted octanol–water partition coefficient (Wildman–Crippen LogP) is 4.46. The van der Waals surface area contributed by atoms with Crippen molar-refractivity contribution >= 4 is 11.8 Å². The molecule has 23 heavy (non-hydrogen) atoms. The number of hydrogen-bond donors (Lipinski definition) is 0. The summed E-state index contributed by atoms with van der Waals surface area (Å²) in [6.07, 6.45) is 1.99. The minimum atomic E-state index is -0.219. The van der Waals surface area contributed by atoms with Crippen LogP contribution in [-0.4, -0.2) is 16.7 Å². The van der Waals surface area contributed by atoms with E-state index < -0.39 is 0 Å². The van der Waals surface area contributed by atoms with Gasteiger partial charge in [0.25, 0.3) is 11.8 Å². The molecule has 0 fully saturated rings. The third-order valence-electron chi connectivity index (χ3n) is 4.53. The first-order chi connectivity index (χ1) is 11.1. The fraction of sp³-hybridized carbons (Fsp3) is 0.300. The molecule has 2 atom stereocenters. The molecule has 0 N–H and O–H groups in total. The molecule has 118 valence electrons. The van der Waals surface area contributed by atoms with Gasteiger partial charge in [-0.25, -0.2) is 0 Å². The first-order valence-electron chi connectivity index (χ1n) is 8.17. The Balaban J connectivity index is 2.05. The lowest BCUT2D eigenvalue weighted by molar-refractivity contribution is 0.0525. The van der Waals surface area contributed by atoms with E-state index in [4.69, 9.17) is 0 Å². The average molecular weight is 307 g/mol. The van der Waals surface area contributed by atoms with Crippen molar-refractivity contribution in [1.82, 2.24) is 4.90 Å². The Morgan fingerprint density at radius 1 is 0.870 bits per heavy atom. The molecule has 2 aromatic rings. The maximum absolute atomic E-state index is 12.8. The summed E-state index contributed by atoms with van der Waals surface area (Å²) in [5.74, 6) is -0.144. The summed E-state index contributed by atoms with van der Waals surface area (Å²) in [5.41, 5.74) is 2.05. The number of fused-ring (bicyclic) bond motifs is 1. The van der Waals surface area contributed by atoms with Crippen LogP contribution in [0.25, 0.3) is 0 Å². The topological polar surface area (TPSA) is 37.4 Å². The van der Waals surface area contributed by atoms with Crippen LogP contribution in [0.3, 0.4) is 0 Å². The summed E-state index contributed by atoms with van der Waals surface area (Å²) < 4.78 is 0. The summed E-state index contributed by atoms with van der Waals surface area (Å²) in [6.45, 7) is 4.24. The number of amides is 2. The Morgan fingerprint density at radius 3 is 1.91 bits per heavy atom. The highest BCUT2D eigenvalue weighted by Crippen LogP contribution is 2.37. The first-order valence-corrected chi connectivity index (χ1v) is 8.17. The van der Waals surface area contributed by atoms with Crippen molar-refractivity contribution < 1.29 is 9.59 Å². The van der Waals surface area contributed by atoms with Crippen molar-refractivity contribution in [2.24, 2.45) is 5.92 Å². The molecule has 0 radical (unpaired) electrons. The molecule has 2 amide bonds. The summed E-state index contributed by atoms with van der Waals surface area (Å²) in [6, 6.07) is 16.7. The minimum Gasteiger partial charge on any atom is -0.269 e. The Bertz CT molecular complexity index is 688. The third kappa shape index (κ3) is 2.67. The monoisotopic (exact) mass is 307 g/mol. The molecule has 0 aromatic heterocycles. The molecule has 1 aliphatic heterocycles. The molecule has 3 heteroatoms. The molecule has 0 aliphatic carbocycles. The summed E-state index contributed by atoms with van der Waals surface area (Å²) in [7, 11) is 0. The zero-order valence-corrected chi connectivity index (χ0v) is 13.5. The van der Waals surface area contributed by atoms with Crippen molar-refractivity contribution in [3.63, 3.8) is 0 Å². The summed E-state index contributed by atoms with van der Waals surface area (Å²) in [5, 5.41) is 0. The molecule has 1 heterocycles. The first kappa shape index (κ1) is 15.5. The Morgan fingerprint density at radius 2 is 1.39 bits per heavy atom. The van der Waals surface area contributed by atoms with Crippen molar-refractivity contribution in [2.75, 3.05) is 0 Å². The molecule has 0 spiro atoms. The van der Waals surface area contributed by atoms with Crippen LogP contribution in [0.1, 0.15) is 59.0 Å². The van der Waals surface area contributed by atoms with Crippen LogP contribution >= 0.6 is 0 Å². The number of nitrogens with zero attached hydrogens (tertiary/aromatic N) is 1. The fourth-order valence-electron chi connectivity index (χ4n) is 3.46. The second-order valence-electron chi connectivity index (χ2n) is 6.15. The Hall–Kier alpha value is -2.42. The molecule has 0 saturated carbocycles. The van der Waals surface area contributed by atoms with Gasteiger partial charge in [-0.1, -0.05) is 62.7 Å². The molecule has 2 unspecified atom stereocenters. The minimum absolute atomic E-state index is 0.178. The lowest BCUT2D eigenvalue weighted by Gasteiger charge is -2.31. The van der Waals surface area contributed by atoms with Gasteiger partial charge in [-0.3, -0.25) is 14.5 Å². The highest BCUT2D eigenvalue weighted by atomic mass is 16.2. The van der Waals surface area contributed by atoms with Crippen molar-refractivity contribution in [3.8, 4) is 0 Å². The number of hydrogen-bond acceptors (Lipinski definition) is 2. The predicted molar refractivity (Wildman–Crippen MR) is 90.2 cm³/mol. The molecular weight excluding hydrogens is 286 g/mol. The van der Waals surface area contributed by atoms with E-state index in [1.807, 2.05) is 30.3 Å². The highest BCUT2D eigenvalue weighted by Gasteiger charge is 2.41. The molecule has 0 bridgehead atoms. The van der Waals surface area contributed by atoms with Crippen LogP contribution in [0.5, 0.6) is 0 Å². The van der Waals surface area contributed by atoms with Gasteiger partial charge in [0, 0.05) is 0 Å². The second kappa shape index (κ2) is 6.37. The summed E-state index contributed by atoms with van der Waals surface area (Å²) in [4.78, 5) is 27.1. The van der Waals surface area contributed by atoms with Crippen molar-refractivity contribution in [2.45, 2.75) is 32.7 Å². The van der Waals surface area contributed by atoms with Crippen LogP contribution in [0.4, 0.5) is 0 Å². The van der Waals surface area contributed by atoms with Gasteiger partial charge < -0.3 is 0 Å². The third-order valence-corrected chi connectivity index (χ3v) is 4.53. The van der Waals surface area contributed by atoms with Gasteiger partial charge in [0.2, 0.25) is 0 Å². The van der Waals surface area contributed by atoms with E-state index in [2.05, 4.69) is 13.8 Å². The molecular formula is C20H21NO2. The van der Waals surface area contributed by atoms with Crippen LogP contribution in [-0.2, 0) is 0 Å². The van der Waals surface area contributed by atoms with Crippen LogP contribution in [0.15, 0.2) is 54.6 Å². The van der Waals surface area contributed by atoms with E-state index in [0.717, 1.165) is 18.4 Å². The number of carbonyl (C=O) groups is 2. The van der Waals surface area contributed by atoms with Gasteiger partial charge in [0.1, 0.15) is 0 Å². The summed E-state index contributed by atoms with van der Waals surface area (Å²) >= 11 is 0. The number of rotatable bonds is 5. The molecule has 3 nitrogen and oxygen atoms in total. The van der Waals surface area contributed by atoms with E-state index in [-0.39, 0.29) is 23.8 Å². The van der Waals surface area contributed by atoms with E-state index in [1.165, 1.54) is 4.90 Å². The molecule has 1 aliphatic rings. The van der Waals surface area contributed by atoms with Gasteiger partial charge in [0.15, 0.2) is 0 Å². The van der Waals surface area contributed by atoms with E-state index >= 15 is 0 Å². The quantitative estimate of drug-likeness (QED) is 0.765. The van der Waals surface area contributed by atoms with Gasteiger partial charge in [-0.15, -0.1) is 0 Å². The van der Waals surface area contributed by atoms with Gasteiger partial charge in [-0.05, 0) is 30.0 Å². The lowest BCUT2D eigenvalue weighted by Crippen LogP contribution is -2.37. The van der Waals surface area contributed by atoms with Crippen molar-refractivity contribution in [3.05, 3.63) is 71.3 Å². The molecule has 0 saturated heterocycles. The SMILES string of the molecule is CCCC(C)C(c1ccccc1)N1C(=O)c2ccccc2C1=O. The zero-order chi connectivity index (χ0) is 16.4. The maximum Gasteiger partial charge on any atom is 0.262 e. The largest absolute Gasteiger partial charge is 0.269 e. The normalized spacial score (nSPS) is 16.3. The van der Waals surface area contributed by atoms with E-state index in [1.54, 1.807) is 24.3 Å². The average Bonchev–Trinajstić information content (AvgIpc) is 2.82. The Labute approximate surface area is 136 Å². The van der Waals surface area contributed by atoms with Gasteiger partial charge in [-0.2, -0.15) is 0 Å². The van der Waals surface area contributed by atoms with Gasteiger partial charge >= 0.3 is 0 Å². The standard InChI is InChI=1S/C20H21NO2/c1-3-9-14(2)18(15-10-5-4-6-11-15)21-19(22)16-12-7-8-13-17(16)20(21)23/h4-8,10-14,18H,3,9H2,1-2H3. The van der Waals surface area contributed by atoms with Gasteiger partial charge in [0.05, 0.1) is 17.2 Å². The zero-order valence-electron chi connectivity index (χ0n) is 13.5. The van der Waals surface area contributed by atoms with Crippen molar-refractivity contribution in [1.29, 1.82) is 0 Å². The van der Waals surface area contributed by atoms with Crippen LogP contribution < -0.4 is 0 Å². The fourth-order valence-corrected chi connectivity index (χ4v) is 3.46. The number of imide groups is 1.